The second kappa shape index (κ2) is 7.23. The molecule has 0 spiro atoms. The van der Waals surface area contributed by atoms with Gasteiger partial charge in [-0.05, 0) is 55.0 Å². The molecule has 10 heteroatoms. The van der Waals surface area contributed by atoms with E-state index in [-0.39, 0.29) is 27.8 Å². The lowest BCUT2D eigenvalue weighted by molar-refractivity contribution is 0.509. The van der Waals surface area contributed by atoms with Crippen LogP contribution in [0.15, 0.2) is 53.4 Å². The van der Waals surface area contributed by atoms with Gasteiger partial charge in [0.15, 0.2) is 23.3 Å². The molecule has 3 rings (SSSR count). The Labute approximate surface area is 153 Å². The third-order valence-corrected chi connectivity index (χ3v) is 4.89. The third-order valence-electron chi connectivity index (χ3n) is 3.54. The van der Waals surface area contributed by atoms with Gasteiger partial charge in [0.1, 0.15) is 5.82 Å². The van der Waals surface area contributed by atoms with E-state index < -0.39 is 27.5 Å². The van der Waals surface area contributed by atoms with Crippen LogP contribution in [0.25, 0.3) is 0 Å². The van der Waals surface area contributed by atoms with Gasteiger partial charge in [-0.15, -0.1) is 10.2 Å². The van der Waals surface area contributed by atoms with Crippen molar-refractivity contribution in [1.82, 2.24) is 10.2 Å². The van der Waals surface area contributed by atoms with Crippen molar-refractivity contribution in [2.24, 2.45) is 0 Å². The number of halogens is 3. The van der Waals surface area contributed by atoms with E-state index in [0.717, 1.165) is 24.3 Å². The van der Waals surface area contributed by atoms with E-state index in [4.69, 9.17) is 0 Å². The minimum atomic E-state index is -3.97. The lowest BCUT2D eigenvalue weighted by Gasteiger charge is -2.09. The molecule has 3 aromatic rings. The molecule has 0 aliphatic carbocycles. The number of sulfonamides is 1. The zero-order chi connectivity index (χ0) is 19.6. The van der Waals surface area contributed by atoms with Crippen LogP contribution in [0.3, 0.4) is 0 Å². The summed E-state index contributed by atoms with van der Waals surface area (Å²) in [5.74, 6) is -2.38. The number of aryl methyl sites for hydroxylation is 1. The summed E-state index contributed by atoms with van der Waals surface area (Å²) in [6, 6.07) is 9.35. The Morgan fingerprint density at radius 3 is 2.11 bits per heavy atom. The van der Waals surface area contributed by atoms with Gasteiger partial charge in [0.25, 0.3) is 10.0 Å². The number of hydrogen-bond acceptors (Lipinski definition) is 5. The summed E-state index contributed by atoms with van der Waals surface area (Å²) in [5.41, 5.74) is 0.438. The molecule has 0 radical (unpaired) electrons. The molecule has 140 valence electrons. The molecule has 0 saturated carbocycles. The van der Waals surface area contributed by atoms with Crippen molar-refractivity contribution >= 4 is 27.3 Å². The van der Waals surface area contributed by atoms with E-state index in [1.165, 1.54) is 31.2 Å². The van der Waals surface area contributed by atoms with E-state index in [2.05, 4.69) is 20.2 Å². The van der Waals surface area contributed by atoms with E-state index in [1.54, 1.807) is 0 Å². The first-order chi connectivity index (χ1) is 12.7. The minimum absolute atomic E-state index is 0.0622. The maximum atomic E-state index is 13.3. The molecule has 0 unspecified atom stereocenters. The summed E-state index contributed by atoms with van der Waals surface area (Å²) in [4.78, 5) is -0.118. The van der Waals surface area contributed by atoms with Gasteiger partial charge < -0.3 is 5.32 Å². The van der Waals surface area contributed by atoms with Crippen molar-refractivity contribution in [2.45, 2.75) is 11.8 Å². The number of nitrogens with zero attached hydrogens (tertiary/aromatic N) is 2. The number of benzene rings is 2. The Balaban J connectivity index is 1.74. The van der Waals surface area contributed by atoms with Crippen LogP contribution >= 0.6 is 0 Å². The number of hydrogen-bond donors (Lipinski definition) is 2. The Morgan fingerprint density at radius 1 is 0.815 bits per heavy atom. The summed E-state index contributed by atoms with van der Waals surface area (Å²) >= 11 is 0. The van der Waals surface area contributed by atoms with Crippen molar-refractivity contribution in [2.75, 3.05) is 10.0 Å². The highest BCUT2D eigenvalue weighted by Gasteiger charge is 2.16. The molecule has 0 atom stereocenters. The molecule has 27 heavy (non-hydrogen) atoms. The van der Waals surface area contributed by atoms with Crippen molar-refractivity contribution in [3.63, 3.8) is 0 Å². The lowest BCUT2D eigenvalue weighted by Crippen LogP contribution is -2.14. The molecular weight excluding hydrogens is 381 g/mol. The lowest BCUT2D eigenvalue weighted by atomic mass is 10.2. The molecule has 0 aliphatic rings. The van der Waals surface area contributed by atoms with Crippen LogP contribution in [0, 0.1) is 24.4 Å². The highest BCUT2D eigenvalue weighted by atomic mass is 32.2. The van der Waals surface area contributed by atoms with E-state index in [0.29, 0.717) is 0 Å². The van der Waals surface area contributed by atoms with Crippen LogP contribution in [0.4, 0.5) is 30.5 Å². The summed E-state index contributed by atoms with van der Waals surface area (Å²) in [5, 5.41) is 10.2. The topological polar surface area (TPSA) is 84.0 Å². The Hall–Kier alpha value is -3.14. The molecule has 0 amide bonds. The molecule has 0 bridgehead atoms. The van der Waals surface area contributed by atoms with Gasteiger partial charge >= 0.3 is 0 Å². The van der Waals surface area contributed by atoms with Crippen LogP contribution in [-0.2, 0) is 10.0 Å². The van der Waals surface area contributed by atoms with Crippen LogP contribution < -0.4 is 10.0 Å². The summed E-state index contributed by atoms with van der Waals surface area (Å²) < 4.78 is 66.3. The fraction of sp³-hybridized carbons (Fsp3) is 0.0588. The van der Waals surface area contributed by atoms with Crippen molar-refractivity contribution in [3.8, 4) is 0 Å². The van der Waals surface area contributed by atoms with Crippen molar-refractivity contribution in [3.05, 3.63) is 71.5 Å². The fourth-order valence-electron chi connectivity index (χ4n) is 2.16. The van der Waals surface area contributed by atoms with Gasteiger partial charge in [0.2, 0.25) is 0 Å². The highest BCUT2D eigenvalue weighted by molar-refractivity contribution is 7.92. The van der Waals surface area contributed by atoms with Crippen LogP contribution in [-0.4, -0.2) is 18.6 Å². The Kier molecular flexibility index (Phi) is 5.00. The van der Waals surface area contributed by atoms with Crippen LogP contribution in [0.2, 0.25) is 0 Å². The van der Waals surface area contributed by atoms with Crippen molar-refractivity contribution in [1.29, 1.82) is 0 Å². The number of nitrogens with one attached hydrogen (secondary N) is 2. The quantitative estimate of drug-likeness (QED) is 0.689. The maximum absolute atomic E-state index is 13.3. The van der Waals surface area contributed by atoms with Gasteiger partial charge in [-0.3, -0.25) is 4.72 Å². The molecule has 1 aromatic heterocycles. The molecule has 2 N–H and O–H groups in total. The normalized spacial score (nSPS) is 11.3. The molecular formula is C17H13F3N4O2S. The fourth-order valence-corrected chi connectivity index (χ4v) is 3.24. The third kappa shape index (κ3) is 4.34. The Morgan fingerprint density at radius 2 is 1.48 bits per heavy atom. The molecule has 2 aromatic carbocycles. The average molecular weight is 394 g/mol. The summed E-state index contributed by atoms with van der Waals surface area (Å²) in [7, 11) is -3.97. The highest BCUT2D eigenvalue weighted by Crippen LogP contribution is 2.20. The zero-order valence-electron chi connectivity index (χ0n) is 13.9. The standard InChI is InChI=1S/C17H13F3N4O2S/c1-10-8-12(3-5-13(10)18)27(25,26)24-17-7-6-16(22-23-17)21-11-2-4-14(19)15(20)9-11/h2-9H,1H3,(H,21,22)(H,23,24). The number of aromatic nitrogens is 2. The van der Waals surface area contributed by atoms with E-state index >= 15 is 0 Å². The molecule has 0 saturated heterocycles. The predicted molar refractivity (Wildman–Crippen MR) is 93.6 cm³/mol. The Bertz CT molecular complexity index is 1090. The largest absolute Gasteiger partial charge is 0.339 e. The molecule has 6 nitrogen and oxygen atoms in total. The SMILES string of the molecule is Cc1cc(S(=O)(=O)Nc2ccc(Nc3ccc(F)c(F)c3)nn2)ccc1F. The van der Waals surface area contributed by atoms with E-state index in [1.807, 2.05) is 0 Å². The molecule has 0 fully saturated rings. The van der Waals surface area contributed by atoms with Gasteiger partial charge in [0, 0.05) is 11.8 Å². The average Bonchev–Trinajstić information content (AvgIpc) is 2.62. The summed E-state index contributed by atoms with van der Waals surface area (Å²) in [6.45, 7) is 1.45. The minimum Gasteiger partial charge on any atom is -0.339 e. The van der Waals surface area contributed by atoms with Gasteiger partial charge in [-0.25, -0.2) is 21.6 Å². The van der Waals surface area contributed by atoms with Crippen molar-refractivity contribution < 1.29 is 21.6 Å². The van der Waals surface area contributed by atoms with Crippen LogP contribution in [0.5, 0.6) is 0 Å². The number of rotatable bonds is 5. The smallest absolute Gasteiger partial charge is 0.263 e. The number of anilines is 3. The zero-order valence-corrected chi connectivity index (χ0v) is 14.7. The van der Waals surface area contributed by atoms with Gasteiger partial charge in [0.05, 0.1) is 4.90 Å². The monoisotopic (exact) mass is 394 g/mol. The molecule has 1 heterocycles. The first kappa shape index (κ1) is 18.6. The molecule has 0 aliphatic heterocycles. The van der Waals surface area contributed by atoms with E-state index in [9.17, 15) is 21.6 Å². The van der Waals surface area contributed by atoms with Gasteiger partial charge in [-0.1, -0.05) is 0 Å². The van der Waals surface area contributed by atoms with Crippen LogP contribution in [0.1, 0.15) is 5.56 Å². The summed E-state index contributed by atoms with van der Waals surface area (Å²) in [6.07, 6.45) is 0. The second-order valence-corrected chi connectivity index (χ2v) is 7.26. The first-order valence-electron chi connectivity index (χ1n) is 7.59. The van der Waals surface area contributed by atoms with Gasteiger partial charge in [-0.2, -0.15) is 0 Å². The first-order valence-corrected chi connectivity index (χ1v) is 9.08. The second-order valence-electron chi connectivity index (χ2n) is 5.57. The maximum Gasteiger partial charge on any atom is 0.263 e. The predicted octanol–water partition coefficient (Wildman–Crippen LogP) is 3.75.